The minimum atomic E-state index is -0.220. The molecule has 1 amide bonds. The molecular formula is C20H15N3O2. The molecule has 0 spiro atoms. The largest absolute Gasteiger partial charge is 0.436 e. The molecule has 4 aromatic rings. The molecule has 0 bridgehead atoms. The van der Waals surface area contributed by atoms with E-state index >= 15 is 0 Å². The Balaban J connectivity index is 1.67. The third-order valence-electron chi connectivity index (χ3n) is 3.88. The Morgan fingerprint density at radius 2 is 1.72 bits per heavy atom. The van der Waals surface area contributed by atoms with E-state index in [9.17, 15) is 4.79 Å². The van der Waals surface area contributed by atoms with Crippen LogP contribution in [0, 0.1) is 0 Å². The summed E-state index contributed by atoms with van der Waals surface area (Å²) in [6.07, 6.45) is 0. The highest BCUT2D eigenvalue weighted by molar-refractivity contribution is 6.06. The lowest BCUT2D eigenvalue weighted by Crippen LogP contribution is -2.13. The minimum Gasteiger partial charge on any atom is -0.436 e. The van der Waals surface area contributed by atoms with Crippen molar-refractivity contribution in [2.45, 2.75) is 0 Å². The molecule has 3 aromatic carbocycles. The van der Waals surface area contributed by atoms with E-state index in [4.69, 9.17) is 10.2 Å². The van der Waals surface area contributed by atoms with E-state index in [1.165, 1.54) is 0 Å². The van der Waals surface area contributed by atoms with E-state index in [0.717, 1.165) is 11.1 Å². The number of para-hydroxylation sites is 2. The van der Waals surface area contributed by atoms with Crippen LogP contribution in [0.15, 0.2) is 77.2 Å². The van der Waals surface area contributed by atoms with Crippen molar-refractivity contribution in [3.8, 4) is 11.5 Å². The summed E-state index contributed by atoms with van der Waals surface area (Å²) in [7, 11) is 0. The van der Waals surface area contributed by atoms with Crippen molar-refractivity contribution in [3.63, 3.8) is 0 Å². The van der Waals surface area contributed by atoms with Crippen LogP contribution in [0.5, 0.6) is 0 Å². The molecule has 0 saturated carbocycles. The van der Waals surface area contributed by atoms with Gasteiger partial charge in [0.05, 0.1) is 11.4 Å². The van der Waals surface area contributed by atoms with E-state index in [1.54, 1.807) is 24.3 Å². The van der Waals surface area contributed by atoms with E-state index < -0.39 is 0 Å². The van der Waals surface area contributed by atoms with Crippen LogP contribution in [0.3, 0.4) is 0 Å². The zero-order valence-electron chi connectivity index (χ0n) is 13.3. The van der Waals surface area contributed by atoms with E-state index in [-0.39, 0.29) is 5.91 Å². The van der Waals surface area contributed by atoms with Crippen molar-refractivity contribution in [2.75, 3.05) is 11.1 Å². The highest BCUT2D eigenvalue weighted by Gasteiger charge is 2.12. The maximum Gasteiger partial charge on any atom is 0.255 e. The fourth-order valence-corrected chi connectivity index (χ4v) is 2.58. The van der Waals surface area contributed by atoms with Gasteiger partial charge in [0, 0.05) is 11.1 Å². The molecule has 122 valence electrons. The van der Waals surface area contributed by atoms with Crippen LogP contribution in [-0.4, -0.2) is 10.9 Å². The molecule has 0 radical (unpaired) electrons. The van der Waals surface area contributed by atoms with Gasteiger partial charge >= 0.3 is 0 Å². The topological polar surface area (TPSA) is 81.2 Å². The molecule has 0 aliphatic rings. The number of hydrogen-bond donors (Lipinski definition) is 2. The van der Waals surface area contributed by atoms with E-state index in [0.29, 0.717) is 28.4 Å². The molecule has 0 atom stereocenters. The summed E-state index contributed by atoms with van der Waals surface area (Å²) in [6, 6.07) is 21.8. The predicted molar refractivity (Wildman–Crippen MR) is 98.3 cm³/mol. The van der Waals surface area contributed by atoms with Crippen molar-refractivity contribution in [1.82, 2.24) is 4.98 Å². The third-order valence-corrected chi connectivity index (χ3v) is 3.88. The number of anilines is 2. The molecule has 5 heteroatoms. The minimum absolute atomic E-state index is 0.220. The number of aromatic nitrogens is 1. The van der Waals surface area contributed by atoms with Crippen LogP contribution in [0.1, 0.15) is 10.4 Å². The zero-order valence-corrected chi connectivity index (χ0v) is 13.3. The van der Waals surface area contributed by atoms with Crippen LogP contribution in [0.4, 0.5) is 11.4 Å². The Bertz CT molecular complexity index is 1020. The van der Waals surface area contributed by atoms with E-state index in [2.05, 4.69) is 10.3 Å². The van der Waals surface area contributed by atoms with Crippen molar-refractivity contribution < 1.29 is 9.21 Å². The lowest BCUT2D eigenvalue weighted by molar-refractivity contribution is 0.102. The molecule has 0 aliphatic carbocycles. The number of nitrogens with one attached hydrogen (secondary N) is 1. The number of hydrogen-bond acceptors (Lipinski definition) is 4. The van der Waals surface area contributed by atoms with Crippen molar-refractivity contribution in [1.29, 1.82) is 0 Å². The lowest BCUT2D eigenvalue weighted by Gasteiger charge is -2.09. The molecule has 1 heterocycles. The molecule has 0 fully saturated rings. The second kappa shape index (κ2) is 6.13. The average Bonchev–Trinajstić information content (AvgIpc) is 3.08. The van der Waals surface area contributed by atoms with Crippen LogP contribution in [-0.2, 0) is 0 Å². The van der Waals surface area contributed by atoms with E-state index in [1.807, 2.05) is 48.5 Å². The Hall–Kier alpha value is -3.60. The summed E-state index contributed by atoms with van der Waals surface area (Å²) >= 11 is 0. The fourth-order valence-electron chi connectivity index (χ4n) is 2.58. The highest BCUT2D eigenvalue weighted by Crippen LogP contribution is 2.29. The standard InChI is InChI=1S/C20H15N3O2/c21-15-11-10-14(20-23-16-8-4-5-9-18(16)25-20)12-17(15)22-19(24)13-6-2-1-3-7-13/h1-12H,21H2,(H,22,24). The molecule has 25 heavy (non-hydrogen) atoms. The van der Waals surface area contributed by atoms with Gasteiger partial charge in [0.1, 0.15) is 5.52 Å². The predicted octanol–water partition coefficient (Wildman–Crippen LogP) is 4.33. The van der Waals surface area contributed by atoms with Gasteiger partial charge in [-0.15, -0.1) is 0 Å². The summed E-state index contributed by atoms with van der Waals surface area (Å²) in [5.74, 6) is 0.262. The summed E-state index contributed by atoms with van der Waals surface area (Å²) in [5, 5.41) is 2.84. The number of nitrogen functional groups attached to an aromatic ring is 1. The Morgan fingerprint density at radius 1 is 0.960 bits per heavy atom. The van der Waals surface area contributed by atoms with Gasteiger partial charge in [-0.05, 0) is 42.5 Å². The number of fused-ring (bicyclic) bond motifs is 1. The van der Waals surface area contributed by atoms with Crippen LogP contribution >= 0.6 is 0 Å². The molecule has 5 nitrogen and oxygen atoms in total. The highest BCUT2D eigenvalue weighted by atomic mass is 16.3. The van der Waals surface area contributed by atoms with Crippen LogP contribution < -0.4 is 11.1 Å². The Morgan fingerprint density at radius 3 is 2.52 bits per heavy atom. The fraction of sp³-hybridized carbons (Fsp3) is 0. The lowest BCUT2D eigenvalue weighted by atomic mass is 10.1. The zero-order chi connectivity index (χ0) is 17.2. The number of carbonyl (C=O) groups is 1. The number of benzene rings is 3. The van der Waals surface area contributed by atoms with Gasteiger partial charge in [0.2, 0.25) is 5.89 Å². The first-order chi connectivity index (χ1) is 12.2. The quantitative estimate of drug-likeness (QED) is 0.548. The molecular weight excluding hydrogens is 314 g/mol. The van der Waals surface area contributed by atoms with Crippen LogP contribution in [0.25, 0.3) is 22.6 Å². The molecule has 0 aliphatic heterocycles. The second-order valence-electron chi connectivity index (χ2n) is 5.61. The number of nitrogens with zero attached hydrogens (tertiary/aromatic N) is 1. The number of rotatable bonds is 3. The second-order valence-corrected chi connectivity index (χ2v) is 5.61. The van der Waals surface area contributed by atoms with Crippen molar-refractivity contribution in [2.24, 2.45) is 0 Å². The van der Waals surface area contributed by atoms with Gasteiger partial charge in [-0.2, -0.15) is 0 Å². The normalized spacial score (nSPS) is 10.7. The van der Waals surface area contributed by atoms with Gasteiger partial charge in [-0.25, -0.2) is 4.98 Å². The summed E-state index contributed by atoms with van der Waals surface area (Å²) in [5.41, 5.74) is 9.80. The number of amides is 1. The number of oxazole rings is 1. The number of nitrogens with two attached hydrogens (primary N) is 1. The molecule has 0 saturated heterocycles. The molecule has 4 rings (SSSR count). The maximum atomic E-state index is 12.3. The summed E-state index contributed by atoms with van der Waals surface area (Å²) in [6.45, 7) is 0. The monoisotopic (exact) mass is 329 g/mol. The molecule has 3 N–H and O–H groups in total. The first kappa shape index (κ1) is 15.0. The van der Waals surface area contributed by atoms with Gasteiger partial charge < -0.3 is 15.5 Å². The van der Waals surface area contributed by atoms with Gasteiger partial charge in [0.25, 0.3) is 5.91 Å². The Kier molecular flexibility index (Phi) is 3.67. The van der Waals surface area contributed by atoms with Crippen LogP contribution in [0.2, 0.25) is 0 Å². The Labute approximate surface area is 144 Å². The van der Waals surface area contributed by atoms with Gasteiger partial charge in [-0.1, -0.05) is 30.3 Å². The first-order valence-corrected chi connectivity index (χ1v) is 7.82. The van der Waals surface area contributed by atoms with Crippen molar-refractivity contribution in [3.05, 3.63) is 78.4 Å². The van der Waals surface area contributed by atoms with Gasteiger partial charge in [-0.3, -0.25) is 4.79 Å². The summed E-state index contributed by atoms with van der Waals surface area (Å²) in [4.78, 5) is 16.8. The maximum absolute atomic E-state index is 12.3. The molecule has 0 unspecified atom stereocenters. The SMILES string of the molecule is Nc1ccc(-c2nc3ccccc3o2)cc1NC(=O)c1ccccc1. The smallest absolute Gasteiger partial charge is 0.255 e. The average molecular weight is 329 g/mol. The number of carbonyl (C=O) groups excluding carboxylic acids is 1. The van der Waals surface area contributed by atoms with Crippen molar-refractivity contribution >= 4 is 28.4 Å². The molecule has 1 aromatic heterocycles. The third kappa shape index (κ3) is 2.95. The van der Waals surface area contributed by atoms with Gasteiger partial charge in [0.15, 0.2) is 5.58 Å². The first-order valence-electron chi connectivity index (χ1n) is 7.82. The summed E-state index contributed by atoms with van der Waals surface area (Å²) < 4.78 is 5.77.